The van der Waals surface area contributed by atoms with E-state index in [1.54, 1.807) is 0 Å². The predicted octanol–water partition coefficient (Wildman–Crippen LogP) is 1.25. The van der Waals surface area contributed by atoms with Gasteiger partial charge < -0.3 is 5.11 Å². The number of nitroso groups, excluding NO2 is 1. The Labute approximate surface area is 59.2 Å². The lowest BCUT2D eigenvalue weighted by Crippen LogP contribution is -2.19. The third-order valence-electron chi connectivity index (χ3n) is 1.11. The molecule has 0 heterocycles. The van der Waals surface area contributed by atoms with Gasteiger partial charge in [-0.15, -0.1) is 4.91 Å². The first-order valence-electron chi connectivity index (χ1n) is 3.13. The Bertz CT molecular complexity index is 133. The van der Waals surface area contributed by atoms with E-state index in [0.717, 1.165) is 0 Å². The van der Waals surface area contributed by atoms with Gasteiger partial charge in [0.05, 0.1) is 0 Å². The molecule has 4 heteroatoms. The Balaban J connectivity index is 3.83. The van der Waals surface area contributed by atoms with E-state index in [-0.39, 0.29) is 5.92 Å². The molecule has 1 unspecified atom stereocenters. The fourth-order valence-corrected chi connectivity index (χ4v) is 0.635. The molecule has 0 spiro atoms. The summed E-state index contributed by atoms with van der Waals surface area (Å²) in [5.41, 5.74) is 0. The summed E-state index contributed by atoms with van der Waals surface area (Å²) < 4.78 is 0. The topological polar surface area (TPSA) is 66.7 Å². The van der Waals surface area contributed by atoms with Crippen molar-refractivity contribution in [1.29, 1.82) is 0 Å². The molecule has 0 saturated carbocycles. The molecule has 4 nitrogen and oxygen atoms in total. The highest BCUT2D eigenvalue weighted by atomic mass is 16.4. The molecule has 0 aromatic rings. The molecule has 0 amide bonds. The van der Waals surface area contributed by atoms with Crippen LogP contribution in [0.2, 0.25) is 0 Å². The molecule has 0 aliphatic rings. The van der Waals surface area contributed by atoms with Crippen molar-refractivity contribution in [1.82, 2.24) is 0 Å². The number of nitrogens with zero attached hydrogens (tertiary/aromatic N) is 1. The lowest BCUT2D eigenvalue weighted by molar-refractivity contribution is -0.138. The van der Waals surface area contributed by atoms with Crippen LogP contribution in [-0.2, 0) is 4.79 Å². The van der Waals surface area contributed by atoms with Crippen LogP contribution in [0.4, 0.5) is 0 Å². The molecule has 0 aliphatic carbocycles. The Morgan fingerprint density at radius 1 is 1.60 bits per heavy atom. The summed E-state index contributed by atoms with van der Waals surface area (Å²) in [5, 5.41) is 10.8. The van der Waals surface area contributed by atoms with Gasteiger partial charge in [-0.3, -0.25) is 0 Å². The summed E-state index contributed by atoms with van der Waals surface area (Å²) in [5.74, 6) is -0.942. The molecule has 10 heavy (non-hydrogen) atoms. The fourth-order valence-electron chi connectivity index (χ4n) is 0.635. The monoisotopic (exact) mass is 145 g/mol. The Morgan fingerprint density at radius 2 is 2.10 bits per heavy atom. The first-order valence-corrected chi connectivity index (χ1v) is 3.13. The summed E-state index contributed by atoms with van der Waals surface area (Å²) in [6.07, 6.45) is 0.318. The zero-order chi connectivity index (χ0) is 8.15. The number of rotatable bonds is 4. The zero-order valence-corrected chi connectivity index (χ0v) is 6.07. The molecule has 0 aliphatic heterocycles. The minimum atomic E-state index is -1.14. The largest absolute Gasteiger partial charge is 0.480 e. The van der Waals surface area contributed by atoms with Crippen molar-refractivity contribution in [3.05, 3.63) is 4.91 Å². The Hall–Kier alpha value is -0.930. The summed E-state index contributed by atoms with van der Waals surface area (Å²) in [6, 6.07) is -1.07. The zero-order valence-electron chi connectivity index (χ0n) is 6.07. The van der Waals surface area contributed by atoms with Crippen LogP contribution in [0.5, 0.6) is 0 Å². The minimum absolute atomic E-state index is 0.193. The molecule has 0 fully saturated rings. The van der Waals surface area contributed by atoms with Crippen molar-refractivity contribution < 1.29 is 9.90 Å². The first-order chi connectivity index (χ1) is 4.57. The van der Waals surface area contributed by atoms with Gasteiger partial charge in [-0.25, -0.2) is 4.79 Å². The van der Waals surface area contributed by atoms with Crippen molar-refractivity contribution >= 4 is 5.97 Å². The summed E-state index contributed by atoms with van der Waals surface area (Å²) in [7, 11) is 0. The third-order valence-corrected chi connectivity index (χ3v) is 1.11. The molecule has 58 valence electrons. The first kappa shape index (κ1) is 9.07. The highest BCUT2D eigenvalue weighted by molar-refractivity contribution is 5.73. The molecule has 0 bridgehead atoms. The second-order valence-electron chi connectivity index (χ2n) is 2.59. The van der Waals surface area contributed by atoms with Crippen LogP contribution in [0, 0.1) is 10.8 Å². The van der Waals surface area contributed by atoms with Gasteiger partial charge in [0.1, 0.15) is 0 Å². The number of carboxylic acids is 1. The van der Waals surface area contributed by atoms with Gasteiger partial charge in [0, 0.05) is 0 Å². The summed E-state index contributed by atoms with van der Waals surface area (Å²) >= 11 is 0. The van der Waals surface area contributed by atoms with E-state index in [1.165, 1.54) is 0 Å². The number of carbonyl (C=O) groups is 1. The van der Waals surface area contributed by atoms with Crippen LogP contribution in [0.3, 0.4) is 0 Å². The van der Waals surface area contributed by atoms with Crippen molar-refractivity contribution in [3.63, 3.8) is 0 Å². The minimum Gasteiger partial charge on any atom is -0.480 e. The highest BCUT2D eigenvalue weighted by Gasteiger charge is 2.18. The standard InChI is InChI=1S/C6H11NO3/c1-4(2)3-5(7-10)6(8)9/h4-5H,3H2,1-2H3,(H,8,9). The van der Waals surface area contributed by atoms with Crippen molar-refractivity contribution in [3.8, 4) is 0 Å². The van der Waals surface area contributed by atoms with E-state index in [4.69, 9.17) is 5.11 Å². The van der Waals surface area contributed by atoms with Crippen LogP contribution in [0.15, 0.2) is 5.18 Å². The van der Waals surface area contributed by atoms with Gasteiger partial charge in [0.15, 0.2) is 6.04 Å². The van der Waals surface area contributed by atoms with Gasteiger partial charge in [-0.2, -0.15) is 0 Å². The van der Waals surface area contributed by atoms with Crippen LogP contribution in [0.1, 0.15) is 20.3 Å². The van der Waals surface area contributed by atoms with Gasteiger partial charge in [-0.05, 0) is 12.3 Å². The van der Waals surface area contributed by atoms with E-state index in [1.807, 2.05) is 13.8 Å². The van der Waals surface area contributed by atoms with Crippen molar-refractivity contribution in [2.75, 3.05) is 0 Å². The van der Waals surface area contributed by atoms with Gasteiger partial charge in [-0.1, -0.05) is 19.0 Å². The number of hydrogen-bond acceptors (Lipinski definition) is 3. The predicted molar refractivity (Wildman–Crippen MR) is 36.7 cm³/mol. The van der Waals surface area contributed by atoms with E-state index >= 15 is 0 Å². The number of aliphatic carboxylic acids is 1. The molecular weight excluding hydrogens is 134 g/mol. The average Bonchev–Trinajstić information content (AvgIpc) is 1.81. The maximum absolute atomic E-state index is 10.2. The number of carboxylic acid groups (broad SMARTS) is 1. The van der Waals surface area contributed by atoms with Crippen molar-refractivity contribution in [2.24, 2.45) is 11.1 Å². The molecule has 1 N–H and O–H groups in total. The van der Waals surface area contributed by atoms with E-state index in [0.29, 0.717) is 6.42 Å². The van der Waals surface area contributed by atoms with Crippen LogP contribution < -0.4 is 0 Å². The fraction of sp³-hybridized carbons (Fsp3) is 0.833. The second kappa shape index (κ2) is 3.98. The van der Waals surface area contributed by atoms with Gasteiger partial charge in [0.25, 0.3) is 0 Å². The van der Waals surface area contributed by atoms with E-state index in [2.05, 4.69) is 5.18 Å². The summed E-state index contributed by atoms with van der Waals surface area (Å²) in [6.45, 7) is 3.70. The second-order valence-corrected chi connectivity index (χ2v) is 2.59. The Kier molecular flexibility index (Phi) is 3.61. The highest BCUT2D eigenvalue weighted by Crippen LogP contribution is 2.07. The SMILES string of the molecule is CC(C)CC(N=O)C(=O)O. The normalized spacial score (nSPS) is 13.1. The average molecular weight is 145 g/mol. The van der Waals surface area contributed by atoms with Crippen molar-refractivity contribution in [2.45, 2.75) is 26.3 Å². The lowest BCUT2D eigenvalue weighted by atomic mass is 10.1. The lowest BCUT2D eigenvalue weighted by Gasteiger charge is -2.05. The quantitative estimate of drug-likeness (QED) is 0.605. The molecular formula is C6H11NO3. The molecule has 1 atom stereocenters. The van der Waals surface area contributed by atoms with Crippen LogP contribution >= 0.6 is 0 Å². The van der Waals surface area contributed by atoms with Gasteiger partial charge >= 0.3 is 5.97 Å². The summed E-state index contributed by atoms with van der Waals surface area (Å²) in [4.78, 5) is 20.0. The van der Waals surface area contributed by atoms with E-state index < -0.39 is 12.0 Å². The molecule has 0 aromatic carbocycles. The van der Waals surface area contributed by atoms with Crippen LogP contribution in [-0.4, -0.2) is 17.1 Å². The van der Waals surface area contributed by atoms with Gasteiger partial charge in [0.2, 0.25) is 0 Å². The third kappa shape index (κ3) is 3.17. The molecule has 0 saturated heterocycles. The Morgan fingerprint density at radius 3 is 2.20 bits per heavy atom. The molecule has 0 aromatic heterocycles. The van der Waals surface area contributed by atoms with Crippen LogP contribution in [0.25, 0.3) is 0 Å². The molecule has 0 rings (SSSR count). The smallest absolute Gasteiger partial charge is 0.332 e. The maximum atomic E-state index is 10.2. The molecule has 0 radical (unpaired) electrons. The maximum Gasteiger partial charge on any atom is 0.332 e. The van der Waals surface area contributed by atoms with E-state index in [9.17, 15) is 9.70 Å². The number of hydrogen-bond donors (Lipinski definition) is 1.